The Morgan fingerprint density at radius 2 is 2.62 bits per heavy atom. The zero-order valence-corrected chi connectivity index (χ0v) is 5.93. The molecule has 2 N–H and O–H groups in total. The molecule has 0 aromatic carbocycles. The van der Waals surface area contributed by atoms with Gasteiger partial charge >= 0.3 is 0 Å². The lowest BCUT2D eigenvalue weighted by Gasteiger charge is -1.94. The van der Waals surface area contributed by atoms with Crippen LogP contribution in [0.4, 0.5) is 0 Å². The van der Waals surface area contributed by atoms with E-state index in [4.69, 9.17) is 5.73 Å². The number of rotatable bonds is 3. The van der Waals surface area contributed by atoms with E-state index in [0.717, 1.165) is 0 Å². The topological polar surface area (TPSA) is 35.2 Å². The molecule has 0 aliphatic rings. The summed E-state index contributed by atoms with van der Waals surface area (Å²) in [5.41, 5.74) is 4.99. The van der Waals surface area contributed by atoms with Gasteiger partial charge in [-0.15, -0.1) is 6.58 Å². The summed E-state index contributed by atoms with van der Waals surface area (Å²) in [4.78, 5) is 0. The Hall–Kier alpha value is -0.220. The van der Waals surface area contributed by atoms with Crippen molar-refractivity contribution in [3.63, 3.8) is 0 Å². The molecule has 0 fully saturated rings. The fraction of sp³-hybridized carbons (Fsp3) is 0.250. The molecule has 0 radical (unpaired) electrons. The third-order valence-electron chi connectivity index (χ3n) is 0.327. The second kappa shape index (κ2) is 4.93. The highest BCUT2D eigenvalue weighted by Gasteiger charge is 1.85. The van der Waals surface area contributed by atoms with E-state index in [1.165, 1.54) is 12.0 Å². The maximum atomic E-state index is 4.99. The van der Waals surface area contributed by atoms with Crippen molar-refractivity contribution in [1.82, 2.24) is 0 Å². The van der Waals surface area contributed by atoms with Gasteiger partial charge in [-0.25, -0.2) is 0 Å². The highest BCUT2D eigenvalue weighted by atomic mass is 32.2. The SMILES string of the molecule is C=CCSOC(N)=S. The normalized spacial score (nSPS) is 8.00. The van der Waals surface area contributed by atoms with Gasteiger partial charge in [-0.1, -0.05) is 6.08 Å². The molecular formula is C4H7NOS2. The van der Waals surface area contributed by atoms with Crippen LogP contribution in [-0.2, 0) is 4.18 Å². The minimum Gasteiger partial charge on any atom is -0.397 e. The van der Waals surface area contributed by atoms with Gasteiger partial charge in [-0.05, 0) is 12.2 Å². The minimum atomic E-state index is 0.0665. The molecule has 0 aromatic rings. The van der Waals surface area contributed by atoms with Crippen LogP contribution in [-0.4, -0.2) is 10.9 Å². The lowest BCUT2D eigenvalue weighted by Crippen LogP contribution is -2.07. The molecule has 4 heteroatoms. The van der Waals surface area contributed by atoms with Gasteiger partial charge in [-0.3, -0.25) is 0 Å². The van der Waals surface area contributed by atoms with E-state index in [9.17, 15) is 0 Å². The van der Waals surface area contributed by atoms with E-state index in [1.54, 1.807) is 6.08 Å². The van der Waals surface area contributed by atoms with E-state index in [-0.39, 0.29) is 5.17 Å². The Balaban J connectivity index is 2.93. The molecule has 0 rings (SSSR count). The summed E-state index contributed by atoms with van der Waals surface area (Å²) >= 11 is 5.59. The first kappa shape index (κ1) is 7.78. The zero-order chi connectivity index (χ0) is 6.41. The molecule has 0 aliphatic carbocycles. The maximum absolute atomic E-state index is 4.99. The van der Waals surface area contributed by atoms with Crippen molar-refractivity contribution in [2.45, 2.75) is 0 Å². The first-order valence-corrected chi connectivity index (χ1v) is 3.29. The van der Waals surface area contributed by atoms with Crippen LogP contribution in [0.25, 0.3) is 0 Å². The summed E-state index contributed by atoms with van der Waals surface area (Å²) < 4.78 is 4.64. The van der Waals surface area contributed by atoms with Crippen LogP contribution in [0.5, 0.6) is 0 Å². The Labute approximate surface area is 58.3 Å². The van der Waals surface area contributed by atoms with Gasteiger partial charge in [0.15, 0.2) is 0 Å². The third kappa shape index (κ3) is 5.78. The van der Waals surface area contributed by atoms with Crippen molar-refractivity contribution in [2.24, 2.45) is 5.73 Å². The van der Waals surface area contributed by atoms with Crippen molar-refractivity contribution in [1.29, 1.82) is 0 Å². The molecule has 0 heterocycles. The smallest absolute Gasteiger partial charge is 0.267 e. The van der Waals surface area contributed by atoms with E-state index < -0.39 is 0 Å². The van der Waals surface area contributed by atoms with Gasteiger partial charge in [0, 0.05) is 5.75 Å². The predicted octanol–water partition coefficient (Wildman–Crippen LogP) is 1.08. The van der Waals surface area contributed by atoms with Crippen LogP contribution in [0.2, 0.25) is 0 Å². The largest absolute Gasteiger partial charge is 0.397 e. The van der Waals surface area contributed by atoms with Crippen LogP contribution >= 0.6 is 24.3 Å². The van der Waals surface area contributed by atoms with Crippen LogP contribution in [0.1, 0.15) is 0 Å². The zero-order valence-electron chi connectivity index (χ0n) is 4.29. The standard InChI is InChI=1S/C4H7NOS2/c1-2-3-8-6-4(5)7/h2H,1,3H2,(H2,5,7). The Morgan fingerprint density at radius 1 is 2.00 bits per heavy atom. The maximum Gasteiger partial charge on any atom is 0.267 e. The molecule has 2 nitrogen and oxygen atoms in total. The Morgan fingerprint density at radius 3 is 3.00 bits per heavy atom. The van der Waals surface area contributed by atoms with Gasteiger partial charge in [0.05, 0.1) is 12.0 Å². The van der Waals surface area contributed by atoms with Gasteiger partial charge in [0.1, 0.15) is 0 Å². The van der Waals surface area contributed by atoms with Gasteiger partial charge in [0.2, 0.25) is 0 Å². The van der Waals surface area contributed by atoms with Crippen molar-refractivity contribution < 1.29 is 4.18 Å². The summed E-state index contributed by atoms with van der Waals surface area (Å²) in [7, 11) is 0. The molecule has 0 atom stereocenters. The van der Waals surface area contributed by atoms with Crippen molar-refractivity contribution in [2.75, 3.05) is 5.75 Å². The summed E-state index contributed by atoms with van der Waals surface area (Å²) in [6, 6.07) is 0. The fourth-order valence-electron chi connectivity index (χ4n) is 0.140. The number of thiocarbonyl (C=S) groups is 1. The van der Waals surface area contributed by atoms with Crippen LogP contribution in [0, 0.1) is 0 Å². The molecule has 0 saturated carbocycles. The van der Waals surface area contributed by atoms with Crippen LogP contribution < -0.4 is 5.73 Å². The molecule has 46 valence electrons. The van der Waals surface area contributed by atoms with Crippen LogP contribution in [0.15, 0.2) is 12.7 Å². The number of hydrogen-bond donors (Lipinski definition) is 1. The number of nitrogens with two attached hydrogens (primary N) is 1. The Kier molecular flexibility index (Phi) is 4.79. The molecular weight excluding hydrogens is 142 g/mol. The van der Waals surface area contributed by atoms with Crippen LogP contribution in [0.3, 0.4) is 0 Å². The predicted molar refractivity (Wildman–Crippen MR) is 40.5 cm³/mol. The second-order valence-corrected chi connectivity index (χ2v) is 2.11. The highest BCUT2D eigenvalue weighted by Crippen LogP contribution is 2.00. The monoisotopic (exact) mass is 149 g/mol. The molecule has 0 spiro atoms. The van der Waals surface area contributed by atoms with Gasteiger partial charge < -0.3 is 9.92 Å². The molecule has 0 aromatic heterocycles. The summed E-state index contributed by atoms with van der Waals surface area (Å²) in [5.74, 6) is 0.706. The lowest BCUT2D eigenvalue weighted by molar-refractivity contribution is 0.655. The molecule has 0 bridgehead atoms. The quantitative estimate of drug-likeness (QED) is 0.282. The van der Waals surface area contributed by atoms with E-state index in [1.807, 2.05) is 0 Å². The van der Waals surface area contributed by atoms with Crippen molar-refractivity contribution in [3.8, 4) is 0 Å². The summed E-state index contributed by atoms with van der Waals surface area (Å²) in [6.45, 7) is 3.47. The van der Waals surface area contributed by atoms with E-state index in [2.05, 4.69) is 23.0 Å². The molecule has 0 unspecified atom stereocenters. The fourth-order valence-corrected chi connectivity index (χ4v) is 0.565. The second-order valence-electron chi connectivity index (χ2n) is 0.976. The average Bonchev–Trinajstić information content (AvgIpc) is 1.66. The van der Waals surface area contributed by atoms with E-state index >= 15 is 0 Å². The third-order valence-corrected chi connectivity index (χ3v) is 1.18. The summed E-state index contributed by atoms with van der Waals surface area (Å²) in [6.07, 6.45) is 1.71. The van der Waals surface area contributed by atoms with Crippen molar-refractivity contribution in [3.05, 3.63) is 12.7 Å². The Bertz CT molecular complexity index is 94.0. The van der Waals surface area contributed by atoms with Crippen molar-refractivity contribution >= 4 is 29.4 Å². The van der Waals surface area contributed by atoms with E-state index in [0.29, 0.717) is 5.75 Å². The first-order chi connectivity index (χ1) is 3.77. The molecule has 0 amide bonds. The highest BCUT2D eigenvalue weighted by molar-refractivity contribution is 7.96. The summed E-state index contributed by atoms with van der Waals surface area (Å²) in [5, 5.41) is 0.0665. The molecule has 0 aliphatic heterocycles. The molecule has 0 saturated heterocycles. The van der Waals surface area contributed by atoms with Gasteiger partial charge in [-0.2, -0.15) is 0 Å². The molecule has 8 heavy (non-hydrogen) atoms. The minimum absolute atomic E-state index is 0.0665. The number of hydrogen-bond acceptors (Lipinski definition) is 3. The van der Waals surface area contributed by atoms with Gasteiger partial charge in [0.25, 0.3) is 5.17 Å². The average molecular weight is 149 g/mol. The first-order valence-electron chi connectivity index (χ1n) is 1.97. The lowest BCUT2D eigenvalue weighted by atomic mass is 10.8.